The SMILES string of the molecule is C=C(/C=C/C1=C(c2c(O)n(C)c(=O)n(C)c2=O)C(=C/C=C2/N(CC)c3ccc4ccccc4c3C2(C)C)/CC1)C(C)(C)c1c(C)ccc2ccccc12. The van der Waals surface area contributed by atoms with Gasteiger partial charge in [-0.25, -0.2) is 4.79 Å². The van der Waals surface area contributed by atoms with Gasteiger partial charge in [-0.2, -0.15) is 0 Å². The Kier molecular flexibility index (Phi) is 8.84. The lowest BCUT2D eigenvalue weighted by atomic mass is 9.74. The maximum Gasteiger partial charge on any atom is 0.333 e. The molecule has 2 heterocycles. The average molecular weight is 704 g/mol. The number of anilines is 1. The van der Waals surface area contributed by atoms with Crippen LogP contribution in [0.5, 0.6) is 5.88 Å². The molecule has 6 heteroatoms. The van der Waals surface area contributed by atoms with Crippen LogP contribution in [-0.2, 0) is 24.9 Å². The van der Waals surface area contributed by atoms with Crippen molar-refractivity contribution in [2.75, 3.05) is 11.4 Å². The third kappa shape index (κ3) is 5.63. The Hall–Kier alpha value is -5.62. The molecule has 1 aliphatic carbocycles. The summed E-state index contributed by atoms with van der Waals surface area (Å²) in [4.78, 5) is 29.1. The standard InChI is InChI=1S/C47H49N3O3/c1-10-50-37-27-25-32-16-12-14-18-36(32)42(37)47(6,7)38(50)28-26-34-24-23-33(39(34)40-43(51)48(8)45(53)49(9)44(40)52)22-20-30(3)46(4,5)41-29(2)19-21-31-15-11-13-17-35(31)41/h11-22,25-28,51H,3,10,23-24H2,1-2,4-9H3/b22-20+,34-26+,38-28+. The lowest BCUT2D eigenvalue weighted by Gasteiger charge is -2.30. The van der Waals surface area contributed by atoms with Gasteiger partial charge in [-0.05, 0) is 99.4 Å². The molecule has 0 atom stereocenters. The Labute approximate surface area is 312 Å². The van der Waals surface area contributed by atoms with Gasteiger partial charge < -0.3 is 10.0 Å². The fourth-order valence-electron chi connectivity index (χ4n) is 8.77. The molecule has 4 aromatic carbocycles. The number of hydrogen-bond donors (Lipinski definition) is 1. The molecule has 1 aliphatic heterocycles. The largest absolute Gasteiger partial charge is 0.494 e. The lowest BCUT2D eigenvalue weighted by Crippen LogP contribution is -2.38. The smallest absolute Gasteiger partial charge is 0.333 e. The number of allylic oxidation sites excluding steroid dienone is 9. The zero-order chi connectivity index (χ0) is 38.0. The predicted molar refractivity (Wildman–Crippen MR) is 221 cm³/mol. The van der Waals surface area contributed by atoms with Crippen LogP contribution in [0.2, 0.25) is 0 Å². The summed E-state index contributed by atoms with van der Waals surface area (Å²) in [6.45, 7) is 18.6. The van der Waals surface area contributed by atoms with E-state index in [-0.39, 0.29) is 16.9 Å². The molecule has 6 nitrogen and oxygen atoms in total. The minimum atomic E-state index is -0.573. The van der Waals surface area contributed by atoms with Gasteiger partial charge >= 0.3 is 5.69 Å². The van der Waals surface area contributed by atoms with Crippen LogP contribution in [0.25, 0.3) is 27.1 Å². The first-order valence-electron chi connectivity index (χ1n) is 18.5. The van der Waals surface area contributed by atoms with Crippen LogP contribution in [0.1, 0.15) is 69.7 Å². The molecule has 7 rings (SSSR count). The molecule has 0 spiro atoms. The van der Waals surface area contributed by atoms with E-state index in [0.717, 1.165) is 32.4 Å². The molecule has 270 valence electrons. The van der Waals surface area contributed by atoms with Crippen molar-refractivity contribution in [2.24, 2.45) is 14.1 Å². The van der Waals surface area contributed by atoms with Gasteiger partial charge in [0, 0.05) is 42.9 Å². The van der Waals surface area contributed by atoms with E-state index in [9.17, 15) is 14.7 Å². The third-order valence-corrected chi connectivity index (χ3v) is 11.8. The highest BCUT2D eigenvalue weighted by atomic mass is 16.3. The monoisotopic (exact) mass is 703 g/mol. The number of hydrogen-bond acceptors (Lipinski definition) is 4. The molecule has 1 aromatic heterocycles. The van der Waals surface area contributed by atoms with E-state index < -0.39 is 16.7 Å². The van der Waals surface area contributed by atoms with Crippen molar-refractivity contribution < 1.29 is 5.11 Å². The zero-order valence-corrected chi connectivity index (χ0v) is 32.2. The number of nitrogens with zero attached hydrogens (tertiary/aromatic N) is 3. The highest BCUT2D eigenvalue weighted by molar-refractivity contribution is 5.95. The molecule has 1 N–H and O–H groups in total. The zero-order valence-electron chi connectivity index (χ0n) is 32.2. The predicted octanol–water partition coefficient (Wildman–Crippen LogP) is 9.67. The molecule has 0 saturated heterocycles. The Morgan fingerprint density at radius 1 is 0.887 bits per heavy atom. The third-order valence-electron chi connectivity index (χ3n) is 11.8. The molecule has 0 saturated carbocycles. The van der Waals surface area contributed by atoms with Gasteiger partial charge in [0.05, 0.1) is 0 Å². The lowest BCUT2D eigenvalue weighted by molar-refractivity contribution is 0.409. The first-order chi connectivity index (χ1) is 25.2. The van der Waals surface area contributed by atoms with Crippen molar-refractivity contribution in [3.8, 4) is 5.88 Å². The van der Waals surface area contributed by atoms with Crippen LogP contribution in [0, 0.1) is 6.92 Å². The van der Waals surface area contributed by atoms with Crippen LogP contribution in [0.15, 0.2) is 136 Å². The van der Waals surface area contributed by atoms with E-state index in [0.29, 0.717) is 18.4 Å². The quantitative estimate of drug-likeness (QED) is 0.172. The van der Waals surface area contributed by atoms with Crippen LogP contribution in [-0.4, -0.2) is 20.8 Å². The van der Waals surface area contributed by atoms with E-state index in [1.807, 2.05) is 0 Å². The summed E-state index contributed by atoms with van der Waals surface area (Å²) in [5.74, 6) is -0.333. The minimum absolute atomic E-state index is 0.137. The van der Waals surface area contributed by atoms with Gasteiger partial charge in [-0.1, -0.05) is 119 Å². The molecule has 0 amide bonds. The average Bonchev–Trinajstić information content (AvgIpc) is 3.64. The first kappa shape index (κ1) is 35.8. The van der Waals surface area contributed by atoms with Crippen LogP contribution < -0.4 is 16.1 Å². The molecule has 0 unspecified atom stereocenters. The van der Waals surface area contributed by atoms with Crippen molar-refractivity contribution >= 4 is 32.8 Å². The normalized spacial score (nSPS) is 17.3. The molecular weight excluding hydrogens is 655 g/mol. The molecule has 53 heavy (non-hydrogen) atoms. The van der Waals surface area contributed by atoms with E-state index in [4.69, 9.17) is 0 Å². The van der Waals surface area contributed by atoms with E-state index in [2.05, 4.69) is 150 Å². The second-order valence-electron chi connectivity index (χ2n) is 15.6. The number of aromatic hydroxyl groups is 1. The number of benzene rings is 4. The van der Waals surface area contributed by atoms with E-state index in [1.54, 1.807) is 0 Å². The topological polar surface area (TPSA) is 67.5 Å². The summed E-state index contributed by atoms with van der Waals surface area (Å²) >= 11 is 0. The highest BCUT2D eigenvalue weighted by Crippen LogP contribution is 2.51. The molecule has 0 bridgehead atoms. The Bertz CT molecular complexity index is 2600. The molecular formula is C47H49N3O3. The summed E-state index contributed by atoms with van der Waals surface area (Å²) in [6, 6.07) is 25.7. The van der Waals surface area contributed by atoms with Gasteiger partial charge in [0.2, 0.25) is 5.88 Å². The second kappa shape index (κ2) is 13.1. The number of rotatable bonds is 7. The van der Waals surface area contributed by atoms with Crippen molar-refractivity contribution in [3.05, 3.63) is 169 Å². The summed E-state index contributed by atoms with van der Waals surface area (Å²) in [6.07, 6.45) is 9.76. The maximum absolute atomic E-state index is 13.9. The number of likely N-dealkylation sites (N-methyl/N-ethyl adjacent to an activating group) is 1. The first-order valence-corrected chi connectivity index (χ1v) is 18.5. The number of aromatic nitrogens is 2. The highest BCUT2D eigenvalue weighted by Gasteiger charge is 2.40. The van der Waals surface area contributed by atoms with Crippen LogP contribution in [0.3, 0.4) is 0 Å². The molecule has 5 aromatic rings. The van der Waals surface area contributed by atoms with Crippen molar-refractivity contribution in [2.45, 2.75) is 65.2 Å². The van der Waals surface area contributed by atoms with Crippen molar-refractivity contribution in [1.82, 2.24) is 9.13 Å². The van der Waals surface area contributed by atoms with Gasteiger partial charge in [0.1, 0.15) is 5.56 Å². The van der Waals surface area contributed by atoms with Crippen molar-refractivity contribution in [3.63, 3.8) is 0 Å². The number of fused-ring (bicyclic) bond motifs is 4. The van der Waals surface area contributed by atoms with Gasteiger partial charge in [-0.3, -0.25) is 13.9 Å². The summed E-state index contributed by atoms with van der Waals surface area (Å²) in [7, 11) is 2.96. The Morgan fingerprint density at radius 3 is 2.23 bits per heavy atom. The minimum Gasteiger partial charge on any atom is -0.494 e. The van der Waals surface area contributed by atoms with Crippen LogP contribution >= 0.6 is 0 Å². The summed E-state index contributed by atoms with van der Waals surface area (Å²) < 4.78 is 2.22. The molecule has 0 radical (unpaired) electrons. The van der Waals surface area contributed by atoms with Gasteiger partial charge in [-0.15, -0.1) is 0 Å². The summed E-state index contributed by atoms with van der Waals surface area (Å²) in [5.41, 5.74) is 7.93. The van der Waals surface area contributed by atoms with E-state index >= 15 is 0 Å². The second-order valence-corrected chi connectivity index (χ2v) is 15.6. The Balaban J connectivity index is 1.37. The van der Waals surface area contributed by atoms with Gasteiger partial charge in [0.25, 0.3) is 5.56 Å². The van der Waals surface area contributed by atoms with Gasteiger partial charge in [0.15, 0.2) is 0 Å². The van der Waals surface area contributed by atoms with Crippen molar-refractivity contribution in [1.29, 1.82) is 0 Å². The molecule has 2 aliphatic rings. The fourth-order valence-corrected chi connectivity index (χ4v) is 8.77. The Morgan fingerprint density at radius 2 is 1.53 bits per heavy atom. The fraction of sp³-hybridized carbons (Fsp3) is 0.277. The molecule has 0 fully saturated rings. The maximum atomic E-state index is 13.9. The van der Waals surface area contributed by atoms with E-state index in [1.165, 1.54) is 63.7 Å². The number of aryl methyl sites for hydroxylation is 1. The summed E-state index contributed by atoms with van der Waals surface area (Å²) in [5, 5.41) is 16.3. The van der Waals surface area contributed by atoms with Crippen LogP contribution in [0.4, 0.5) is 5.69 Å².